The Hall–Kier alpha value is -0.130. The predicted molar refractivity (Wildman–Crippen MR) is 58.0 cm³/mol. The number of nitrogens with one attached hydrogen (secondary N) is 1. The second-order valence-corrected chi connectivity index (χ2v) is 3.71. The first kappa shape index (κ1) is 9.95. The molecular weight excluding hydrogens is 265 g/mol. The Morgan fingerprint density at radius 2 is 2.17 bits per heavy atom. The van der Waals surface area contributed by atoms with Crippen molar-refractivity contribution in [1.82, 2.24) is 5.32 Å². The summed E-state index contributed by atoms with van der Waals surface area (Å²) in [7, 11) is 1.85. The molecule has 0 aliphatic carbocycles. The van der Waals surface area contributed by atoms with Crippen molar-refractivity contribution in [3.63, 3.8) is 0 Å². The van der Waals surface area contributed by atoms with Crippen LogP contribution in [0.5, 0.6) is 0 Å². The Labute approximate surface area is 86.1 Å². The Balaban J connectivity index is 2.92. The van der Waals surface area contributed by atoms with Gasteiger partial charge in [0.05, 0.1) is 12.6 Å². The number of benzene rings is 1. The molecular formula is C9H12INO. The molecule has 1 rings (SSSR count). The third kappa shape index (κ3) is 2.18. The zero-order chi connectivity index (χ0) is 8.97. The van der Waals surface area contributed by atoms with Crippen LogP contribution in [0.15, 0.2) is 24.3 Å². The van der Waals surface area contributed by atoms with Gasteiger partial charge < -0.3 is 10.4 Å². The van der Waals surface area contributed by atoms with Gasteiger partial charge >= 0.3 is 0 Å². The van der Waals surface area contributed by atoms with Crippen molar-refractivity contribution in [2.75, 3.05) is 13.7 Å². The summed E-state index contributed by atoms with van der Waals surface area (Å²) >= 11 is 2.27. The van der Waals surface area contributed by atoms with Crippen LogP contribution in [0.1, 0.15) is 11.6 Å². The van der Waals surface area contributed by atoms with Crippen LogP contribution in [0.4, 0.5) is 0 Å². The van der Waals surface area contributed by atoms with E-state index in [1.807, 2.05) is 31.3 Å². The average Bonchev–Trinajstić information content (AvgIpc) is 2.10. The molecule has 2 N–H and O–H groups in total. The van der Waals surface area contributed by atoms with Crippen LogP contribution in [0, 0.1) is 3.57 Å². The average molecular weight is 277 g/mol. The van der Waals surface area contributed by atoms with E-state index in [0.29, 0.717) is 0 Å². The monoisotopic (exact) mass is 277 g/mol. The van der Waals surface area contributed by atoms with Crippen LogP contribution in [-0.2, 0) is 0 Å². The highest BCUT2D eigenvalue weighted by molar-refractivity contribution is 14.1. The summed E-state index contributed by atoms with van der Waals surface area (Å²) in [6, 6.07) is 8.10. The van der Waals surface area contributed by atoms with E-state index in [1.165, 1.54) is 3.57 Å². The van der Waals surface area contributed by atoms with E-state index in [4.69, 9.17) is 5.11 Å². The van der Waals surface area contributed by atoms with Gasteiger partial charge in [-0.15, -0.1) is 0 Å². The molecule has 0 saturated heterocycles. The summed E-state index contributed by atoms with van der Waals surface area (Å²) in [6.45, 7) is 0.135. The molecule has 1 unspecified atom stereocenters. The molecule has 2 nitrogen and oxygen atoms in total. The van der Waals surface area contributed by atoms with Crippen molar-refractivity contribution in [1.29, 1.82) is 0 Å². The van der Waals surface area contributed by atoms with Gasteiger partial charge in [0.25, 0.3) is 0 Å². The van der Waals surface area contributed by atoms with Gasteiger partial charge in [0.2, 0.25) is 0 Å². The van der Waals surface area contributed by atoms with E-state index >= 15 is 0 Å². The maximum absolute atomic E-state index is 9.04. The molecule has 1 aromatic rings. The van der Waals surface area contributed by atoms with E-state index in [-0.39, 0.29) is 12.6 Å². The minimum Gasteiger partial charge on any atom is -0.394 e. The zero-order valence-corrected chi connectivity index (χ0v) is 9.08. The lowest BCUT2D eigenvalue weighted by Crippen LogP contribution is -2.20. The second kappa shape index (κ2) is 4.79. The summed E-state index contributed by atoms with van der Waals surface area (Å²) in [6.07, 6.45) is 0. The van der Waals surface area contributed by atoms with Crippen molar-refractivity contribution < 1.29 is 5.11 Å². The standard InChI is InChI=1S/C9H12INO/c1-11-9(6-12)7-4-2-3-5-8(7)10/h2-5,9,11-12H,6H2,1H3. The molecule has 1 atom stereocenters. The van der Waals surface area contributed by atoms with Crippen LogP contribution in [0.2, 0.25) is 0 Å². The molecule has 0 saturated carbocycles. The number of hydrogen-bond acceptors (Lipinski definition) is 2. The van der Waals surface area contributed by atoms with Gasteiger partial charge in [-0.25, -0.2) is 0 Å². The van der Waals surface area contributed by atoms with E-state index in [2.05, 4.69) is 27.9 Å². The molecule has 0 aliphatic heterocycles. The fraction of sp³-hybridized carbons (Fsp3) is 0.333. The van der Waals surface area contributed by atoms with E-state index in [9.17, 15) is 0 Å². The third-order valence-electron chi connectivity index (χ3n) is 1.81. The molecule has 0 fully saturated rings. The fourth-order valence-corrected chi connectivity index (χ4v) is 1.87. The minimum absolute atomic E-state index is 0.0538. The molecule has 12 heavy (non-hydrogen) atoms. The maximum atomic E-state index is 9.04. The van der Waals surface area contributed by atoms with Gasteiger partial charge in [0.15, 0.2) is 0 Å². The fourth-order valence-electron chi connectivity index (χ4n) is 1.10. The van der Waals surface area contributed by atoms with Crippen molar-refractivity contribution in [3.8, 4) is 0 Å². The zero-order valence-electron chi connectivity index (χ0n) is 6.92. The van der Waals surface area contributed by atoms with Gasteiger partial charge in [-0.05, 0) is 41.3 Å². The SMILES string of the molecule is CNC(CO)c1ccccc1I. The van der Waals surface area contributed by atoms with E-state index < -0.39 is 0 Å². The molecule has 0 heterocycles. The molecule has 0 radical (unpaired) electrons. The first-order valence-electron chi connectivity index (χ1n) is 3.82. The molecule has 0 amide bonds. The Bertz CT molecular complexity index is 248. The van der Waals surface area contributed by atoms with Gasteiger partial charge in [0, 0.05) is 3.57 Å². The molecule has 0 spiro atoms. The lowest BCUT2D eigenvalue weighted by atomic mass is 10.1. The normalized spacial score (nSPS) is 12.9. The van der Waals surface area contributed by atoms with Gasteiger partial charge in [-0.3, -0.25) is 0 Å². The molecule has 66 valence electrons. The molecule has 1 aromatic carbocycles. The summed E-state index contributed by atoms with van der Waals surface area (Å²) in [5, 5.41) is 12.1. The van der Waals surface area contributed by atoms with Crippen molar-refractivity contribution >= 4 is 22.6 Å². The summed E-state index contributed by atoms with van der Waals surface area (Å²) < 4.78 is 1.18. The number of hydrogen-bond donors (Lipinski definition) is 2. The highest BCUT2D eigenvalue weighted by Gasteiger charge is 2.09. The largest absolute Gasteiger partial charge is 0.394 e. The quantitative estimate of drug-likeness (QED) is 0.821. The van der Waals surface area contributed by atoms with Crippen molar-refractivity contribution in [3.05, 3.63) is 33.4 Å². The third-order valence-corrected chi connectivity index (χ3v) is 2.79. The van der Waals surface area contributed by atoms with Gasteiger partial charge in [-0.1, -0.05) is 18.2 Å². The number of rotatable bonds is 3. The lowest BCUT2D eigenvalue weighted by molar-refractivity contribution is 0.250. The van der Waals surface area contributed by atoms with Gasteiger partial charge in [-0.2, -0.15) is 0 Å². The van der Waals surface area contributed by atoms with Crippen LogP contribution in [0.3, 0.4) is 0 Å². The second-order valence-electron chi connectivity index (χ2n) is 2.55. The lowest BCUT2D eigenvalue weighted by Gasteiger charge is -2.14. The van der Waals surface area contributed by atoms with E-state index in [0.717, 1.165) is 5.56 Å². The molecule has 0 aromatic heterocycles. The smallest absolute Gasteiger partial charge is 0.0626 e. The predicted octanol–water partition coefficient (Wildman–Crippen LogP) is 1.54. The minimum atomic E-state index is 0.0538. The highest BCUT2D eigenvalue weighted by Crippen LogP contribution is 2.18. The van der Waals surface area contributed by atoms with Crippen molar-refractivity contribution in [2.45, 2.75) is 6.04 Å². The molecule has 3 heteroatoms. The Kier molecular flexibility index (Phi) is 3.97. The molecule has 0 bridgehead atoms. The summed E-state index contributed by atoms with van der Waals surface area (Å²) in [5.41, 5.74) is 1.16. The van der Waals surface area contributed by atoms with Crippen LogP contribution < -0.4 is 5.32 Å². The maximum Gasteiger partial charge on any atom is 0.0626 e. The summed E-state index contributed by atoms with van der Waals surface area (Å²) in [4.78, 5) is 0. The summed E-state index contributed by atoms with van der Waals surface area (Å²) in [5.74, 6) is 0. The topological polar surface area (TPSA) is 32.3 Å². The Morgan fingerprint density at radius 3 is 2.67 bits per heavy atom. The van der Waals surface area contributed by atoms with Crippen LogP contribution in [-0.4, -0.2) is 18.8 Å². The van der Waals surface area contributed by atoms with E-state index in [1.54, 1.807) is 0 Å². The van der Waals surface area contributed by atoms with Crippen molar-refractivity contribution in [2.24, 2.45) is 0 Å². The number of aliphatic hydroxyl groups is 1. The number of aliphatic hydroxyl groups excluding tert-OH is 1. The first-order valence-corrected chi connectivity index (χ1v) is 4.90. The number of halogens is 1. The number of likely N-dealkylation sites (N-methyl/N-ethyl adjacent to an activating group) is 1. The first-order chi connectivity index (χ1) is 5.79. The van der Waals surface area contributed by atoms with Crippen LogP contribution >= 0.6 is 22.6 Å². The van der Waals surface area contributed by atoms with Crippen LogP contribution in [0.25, 0.3) is 0 Å². The van der Waals surface area contributed by atoms with Gasteiger partial charge in [0.1, 0.15) is 0 Å². The Morgan fingerprint density at radius 1 is 1.50 bits per heavy atom. The highest BCUT2D eigenvalue weighted by atomic mass is 127. The molecule has 0 aliphatic rings.